The molecule has 7 nitrogen and oxygen atoms in total. The molecule has 0 fully saturated rings. The van der Waals surface area contributed by atoms with Crippen molar-refractivity contribution in [1.29, 1.82) is 0 Å². The summed E-state index contributed by atoms with van der Waals surface area (Å²) in [4.78, 5) is 2.25. The Morgan fingerprint density at radius 1 is 0.800 bits per heavy atom. The normalized spacial score (nSPS) is 12.1. The van der Waals surface area contributed by atoms with E-state index in [-0.39, 0.29) is 15.5 Å². The molecule has 0 atom stereocenters. The van der Waals surface area contributed by atoms with E-state index in [1.165, 1.54) is 42.6 Å². The highest BCUT2D eigenvalue weighted by Gasteiger charge is 2.16. The van der Waals surface area contributed by atoms with Gasteiger partial charge in [0, 0.05) is 0 Å². The summed E-state index contributed by atoms with van der Waals surface area (Å²) in [6.45, 7) is 3.71. The first-order valence-corrected chi connectivity index (χ1v) is 11.8. The van der Waals surface area contributed by atoms with Gasteiger partial charge in [0.25, 0.3) is 10.0 Å². The van der Waals surface area contributed by atoms with E-state index in [9.17, 15) is 16.8 Å². The van der Waals surface area contributed by atoms with Crippen LogP contribution in [0.15, 0.2) is 87.7 Å². The third-order valence-electron chi connectivity index (χ3n) is 4.09. The molecule has 0 aliphatic carbocycles. The summed E-state index contributed by atoms with van der Waals surface area (Å²) < 4.78 is 54.5. The summed E-state index contributed by atoms with van der Waals surface area (Å²) in [5.41, 5.74) is 2.33. The van der Waals surface area contributed by atoms with Gasteiger partial charge in [0.2, 0.25) is 0 Å². The molecule has 0 radical (unpaired) electrons. The molecule has 0 unspecified atom stereocenters. The lowest BCUT2D eigenvalue weighted by Gasteiger charge is -2.08. The Morgan fingerprint density at radius 3 is 1.97 bits per heavy atom. The largest absolute Gasteiger partial charge is 0.379 e. The Labute approximate surface area is 176 Å². The van der Waals surface area contributed by atoms with E-state index in [2.05, 4.69) is 9.93 Å². The summed E-state index contributed by atoms with van der Waals surface area (Å²) >= 11 is 0. The molecular formula is C21H20N2O5S2. The highest BCUT2D eigenvalue weighted by atomic mass is 32.2. The number of hydrazone groups is 1. The number of hydrogen-bond acceptors (Lipinski definition) is 6. The minimum absolute atomic E-state index is 0.0398. The van der Waals surface area contributed by atoms with Crippen molar-refractivity contribution in [2.75, 3.05) is 0 Å². The van der Waals surface area contributed by atoms with Gasteiger partial charge in [-0.2, -0.15) is 21.9 Å². The monoisotopic (exact) mass is 444 g/mol. The molecule has 0 aliphatic heterocycles. The molecular weight excluding hydrogens is 424 g/mol. The fourth-order valence-electron chi connectivity index (χ4n) is 2.47. The number of benzene rings is 3. The van der Waals surface area contributed by atoms with Crippen molar-refractivity contribution in [2.24, 2.45) is 5.10 Å². The zero-order valence-corrected chi connectivity index (χ0v) is 17.9. The first-order chi connectivity index (χ1) is 14.2. The highest BCUT2D eigenvalue weighted by molar-refractivity contribution is 7.89. The van der Waals surface area contributed by atoms with Crippen LogP contribution < -0.4 is 9.01 Å². The van der Waals surface area contributed by atoms with Gasteiger partial charge >= 0.3 is 10.1 Å². The van der Waals surface area contributed by atoms with Gasteiger partial charge in [-0.25, -0.2) is 4.83 Å². The van der Waals surface area contributed by atoms with Gasteiger partial charge in [0.05, 0.1) is 11.1 Å². The first-order valence-electron chi connectivity index (χ1n) is 8.88. The van der Waals surface area contributed by atoms with Crippen molar-refractivity contribution < 1.29 is 21.0 Å². The molecule has 156 valence electrons. The SMILES string of the molecule is Cc1ccc(S(=O)(=O)N/N=C/c2cccc(OS(=O)(=O)c3ccc(C)cc3)c2)cc1. The van der Waals surface area contributed by atoms with Crippen LogP contribution in [-0.2, 0) is 20.1 Å². The van der Waals surface area contributed by atoms with Crippen molar-refractivity contribution in [3.63, 3.8) is 0 Å². The molecule has 0 spiro atoms. The van der Waals surface area contributed by atoms with Crippen molar-refractivity contribution in [1.82, 2.24) is 4.83 Å². The lowest BCUT2D eigenvalue weighted by molar-refractivity contribution is 0.486. The third-order valence-corrected chi connectivity index (χ3v) is 6.59. The quantitative estimate of drug-likeness (QED) is 0.342. The van der Waals surface area contributed by atoms with Gasteiger partial charge in [0.15, 0.2) is 0 Å². The van der Waals surface area contributed by atoms with Crippen LogP contribution in [0.5, 0.6) is 5.75 Å². The van der Waals surface area contributed by atoms with Crippen LogP contribution in [0.25, 0.3) is 0 Å². The van der Waals surface area contributed by atoms with E-state index in [1.807, 2.05) is 13.8 Å². The number of rotatable bonds is 7. The fraction of sp³-hybridized carbons (Fsp3) is 0.0952. The number of nitrogens with one attached hydrogen (secondary N) is 1. The topological polar surface area (TPSA) is 102 Å². The number of nitrogens with zero attached hydrogens (tertiary/aromatic N) is 1. The third kappa shape index (κ3) is 5.46. The van der Waals surface area contributed by atoms with Crippen LogP contribution >= 0.6 is 0 Å². The Hall–Kier alpha value is -3.17. The molecule has 3 aromatic carbocycles. The van der Waals surface area contributed by atoms with Crippen molar-refractivity contribution >= 4 is 26.4 Å². The Morgan fingerprint density at radius 2 is 1.37 bits per heavy atom. The van der Waals surface area contributed by atoms with Crippen LogP contribution in [0, 0.1) is 13.8 Å². The molecule has 3 aromatic rings. The summed E-state index contributed by atoms with van der Waals surface area (Å²) in [5, 5.41) is 3.75. The summed E-state index contributed by atoms with van der Waals surface area (Å²) in [5.74, 6) is 0.0842. The van der Waals surface area contributed by atoms with Crippen LogP contribution in [-0.4, -0.2) is 23.1 Å². The second-order valence-electron chi connectivity index (χ2n) is 6.59. The average Bonchev–Trinajstić information content (AvgIpc) is 2.68. The van der Waals surface area contributed by atoms with Crippen LogP contribution in [0.4, 0.5) is 0 Å². The molecule has 0 saturated carbocycles. The van der Waals surface area contributed by atoms with E-state index < -0.39 is 20.1 Å². The molecule has 0 bridgehead atoms. The van der Waals surface area contributed by atoms with Crippen LogP contribution in [0.1, 0.15) is 16.7 Å². The van der Waals surface area contributed by atoms with Gasteiger partial charge in [-0.1, -0.05) is 47.5 Å². The molecule has 0 saturated heterocycles. The zero-order chi connectivity index (χ0) is 21.8. The smallest absolute Gasteiger partial charge is 0.339 e. The lowest BCUT2D eigenvalue weighted by Crippen LogP contribution is -2.18. The highest BCUT2D eigenvalue weighted by Crippen LogP contribution is 2.20. The molecule has 9 heteroatoms. The second-order valence-corrected chi connectivity index (χ2v) is 9.80. The predicted molar refractivity (Wildman–Crippen MR) is 115 cm³/mol. The maximum Gasteiger partial charge on any atom is 0.339 e. The Kier molecular flexibility index (Phi) is 6.23. The van der Waals surface area contributed by atoms with Crippen molar-refractivity contribution in [3.05, 3.63) is 89.5 Å². The molecule has 0 aliphatic rings. The van der Waals surface area contributed by atoms with Crippen molar-refractivity contribution in [3.8, 4) is 5.75 Å². The zero-order valence-electron chi connectivity index (χ0n) is 16.3. The van der Waals surface area contributed by atoms with Crippen LogP contribution in [0.2, 0.25) is 0 Å². The number of sulfonamides is 1. The van der Waals surface area contributed by atoms with Gasteiger partial charge in [-0.05, 0) is 55.8 Å². The lowest BCUT2D eigenvalue weighted by atomic mass is 10.2. The Balaban J connectivity index is 1.72. The summed E-state index contributed by atoms with van der Waals surface area (Å²) in [6, 6.07) is 18.8. The minimum atomic E-state index is -3.99. The van der Waals surface area contributed by atoms with Crippen molar-refractivity contribution in [2.45, 2.75) is 23.6 Å². The van der Waals surface area contributed by atoms with E-state index in [1.54, 1.807) is 36.4 Å². The summed E-state index contributed by atoms with van der Waals surface area (Å²) in [6.07, 6.45) is 1.26. The molecule has 30 heavy (non-hydrogen) atoms. The maximum atomic E-state index is 12.4. The van der Waals surface area contributed by atoms with Gasteiger partial charge in [-0.15, -0.1) is 0 Å². The van der Waals surface area contributed by atoms with Gasteiger partial charge in [0.1, 0.15) is 10.6 Å². The molecule has 0 amide bonds. The molecule has 0 aromatic heterocycles. The van der Waals surface area contributed by atoms with E-state index in [0.29, 0.717) is 5.56 Å². The second kappa shape index (κ2) is 8.68. The van der Waals surface area contributed by atoms with E-state index in [0.717, 1.165) is 11.1 Å². The number of hydrogen-bond donors (Lipinski definition) is 1. The predicted octanol–water partition coefficient (Wildman–Crippen LogP) is 3.38. The van der Waals surface area contributed by atoms with E-state index in [4.69, 9.17) is 4.18 Å². The average molecular weight is 445 g/mol. The minimum Gasteiger partial charge on any atom is -0.379 e. The fourth-order valence-corrected chi connectivity index (χ4v) is 4.18. The number of aryl methyl sites for hydroxylation is 2. The Bertz CT molecular complexity index is 1270. The maximum absolute atomic E-state index is 12.4. The standard InChI is InChI=1S/C21H20N2O5S2/c1-16-6-10-20(11-7-16)29(24,25)23-22-15-18-4-3-5-19(14-18)28-30(26,27)21-12-8-17(2)9-13-21/h3-15,23H,1-2H3/b22-15+. The molecule has 0 heterocycles. The van der Waals surface area contributed by atoms with Gasteiger partial charge in [-0.3, -0.25) is 0 Å². The van der Waals surface area contributed by atoms with Crippen LogP contribution in [0.3, 0.4) is 0 Å². The molecule has 1 N–H and O–H groups in total. The van der Waals surface area contributed by atoms with E-state index >= 15 is 0 Å². The molecule has 3 rings (SSSR count). The van der Waals surface area contributed by atoms with Gasteiger partial charge < -0.3 is 4.18 Å². The first kappa shape index (κ1) is 21.5. The summed E-state index contributed by atoms with van der Waals surface area (Å²) in [7, 11) is -7.79.